The summed E-state index contributed by atoms with van der Waals surface area (Å²) in [7, 11) is 0. The fourth-order valence-electron chi connectivity index (χ4n) is 2.90. The summed E-state index contributed by atoms with van der Waals surface area (Å²) in [5, 5.41) is 9.88. The van der Waals surface area contributed by atoms with E-state index >= 15 is 0 Å². The summed E-state index contributed by atoms with van der Waals surface area (Å²) in [6.45, 7) is 1.73. The lowest BCUT2D eigenvalue weighted by Gasteiger charge is -2.24. The highest BCUT2D eigenvalue weighted by molar-refractivity contribution is 6.30. The zero-order chi connectivity index (χ0) is 12.7. The molecule has 0 bridgehead atoms. The van der Waals surface area contributed by atoms with Gasteiger partial charge in [-0.1, -0.05) is 11.6 Å². The third-order valence-corrected chi connectivity index (χ3v) is 3.92. The molecule has 1 aromatic carbocycles. The first-order valence-corrected chi connectivity index (χ1v) is 6.43. The molecule has 1 fully saturated rings. The number of fused-ring (bicyclic) bond motifs is 1. The van der Waals surface area contributed by atoms with E-state index in [1.54, 1.807) is 0 Å². The third-order valence-electron chi connectivity index (χ3n) is 3.70. The van der Waals surface area contributed by atoms with Crippen LogP contribution in [-0.4, -0.2) is 22.6 Å². The smallest absolute Gasteiger partial charge is 0.407 e. The number of halogens is 1. The van der Waals surface area contributed by atoms with E-state index in [0.29, 0.717) is 24.8 Å². The second kappa shape index (κ2) is 4.44. The van der Waals surface area contributed by atoms with E-state index in [4.69, 9.17) is 16.3 Å². The maximum absolute atomic E-state index is 11.2. The second-order valence-corrected chi connectivity index (χ2v) is 5.20. The van der Waals surface area contributed by atoms with Crippen LogP contribution in [0.1, 0.15) is 35.6 Å². The second-order valence-electron chi connectivity index (χ2n) is 4.76. The van der Waals surface area contributed by atoms with Gasteiger partial charge in [-0.25, -0.2) is 4.79 Å². The highest BCUT2D eigenvalue weighted by Gasteiger charge is 2.33. The van der Waals surface area contributed by atoms with Crippen LogP contribution in [0.2, 0.25) is 5.02 Å². The Bertz CT molecular complexity index is 503. The molecule has 0 aliphatic carbocycles. The molecule has 0 radical (unpaired) electrons. The Morgan fingerprint density at radius 3 is 3.06 bits per heavy atom. The molecule has 0 saturated carbocycles. The maximum Gasteiger partial charge on any atom is 0.407 e. The number of ether oxygens (including phenoxy) is 1. The molecule has 1 amide bonds. The first kappa shape index (κ1) is 11.8. The molecular formula is C13H14ClNO3. The van der Waals surface area contributed by atoms with E-state index in [0.717, 1.165) is 29.5 Å². The number of nitrogens with zero attached hydrogens (tertiary/aromatic N) is 1. The minimum atomic E-state index is -0.856. The van der Waals surface area contributed by atoms with Crippen LogP contribution in [0.4, 0.5) is 4.79 Å². The molecule has 5 heteroatoms. The Kier molecular flexibility index (Phi) is 2.92. The summed E-state index contributed by atoms with van der Waals surface area (Å²) in [4.78, 5) is 12.7. The molecule has 1 atom stereocenters. The van der Waals surface area contributed by atoms with E-state index in [1.165, 1.54) is 4.90 Å². The molecule has 96 valence electrons. The number of benzene rings is 1. The van der Waals surface area contributed by atoms with Crippen LogP contribution in [0.5, 0.6) is 0 Å². The molecular weight excluding hydrogens is 254 g/mol. The third kappa shape index (κ3) is 1.85. The van der Waals surface area contributed by atoms with Gasteiger partial charge in [-0.15, -0.1) is 0 Å². The molecule has 1 aromatic rings. The molecule has 1 N–H and O–H groups in total. The van der Waals surface area contributed by atoms with Crippen LogP contribution in [0.15, 0.2) is 12.1 Å². The standard InChI is InChI=1S/C13H14ClNO3/c14-9-4-8-6-18-7-11(8)10(5-9)12-2-1-3-15(12)13(16)17/h4-5,12H,1-3,6-7H2,(H,16,17)/t12-/m0/s1. The van der Waals surface area contributed by atoms with Gasteiger partial charge in [0.05, 0.1) is 19.3 Å². The lowest BCUT2D eigenvalue weighted by molar-refractivity contribution is 0.131. The molecule has 4 nitrogen and oxygen atoms in total. The van der Waals surface area contributed by atoms with Crippen LogP contribution >= 0.6 is 11.6 Å². The van der Waals surface area contributed by atoms with Crippen molar-refractivity contribution in [1.29, 1.82) is 0 Å². The number of amides is 1. The highest BCUT2D eigenvalue weighted by Crippen LogP contribution is 2.38. The van der Waals surface area contributed by atoms with Gasteiger partial charge in [0.2, 0.25) is 0 Å². The molecule has 0 unspecified atom stereocenters. The van der Waals surface area contributed by atoms with Crippen molar-refractivity contribution >= 4 is 17.7 Å². The Hall–Kier alpha value is -1.26. The van der Waals surface area contributed by atoms with Crippen LogP contribution in [-0.2, 0) is 18.0 Å². The Morgan fingerprint density at radius 2 is 2.28 bits per heavy atom. The Morgan fingerprint density at radius 1 is 1.44 bits per heavy atom. The monoisotopic (exact) mass is 267 g/mol. The van der Waals surface area contributed by atoms with Crippen LogP contribution in [0.25, 0.3) is 0 Å². The molecule has 3 rings (SSSR count). The van der Waals surface area contributed by atoms with Crippen molar-refractivity contribution in [1.82, 2.24) is 4.90 Å². The molecule has 0 aromatic heterocycles. The maximum atomic E-state index is 11.2. The van der Waals surface area contributed by atoms with E-state index in [2.05, 4.69) is 0 Å². The number of hydrogen-bond acceptors (Lipinski definition) is 2. The molecule has 18 heavy (non-hydrogen) atoms. The van der Waals surface area contributed by atoms with Gasteiger partial charge in [0, 0.05) is 11.6 Å². The van der Waals surface area contributed by atoms with Crippen LogP contribution < -0.4 is 0 Å². The number of likely N-dealkylation sites (tertiary alicyclic amines) is 1. The van der Waals surface area contributed by atoms with Crippen molar-refractivity contribution in [3.05, 3.63) is 33.8 Å². The number of rotatable bonds is 1. The van der Waals surface area contributed by atoms with Gasteiger partial charge < -0.3 is 14.7 Å². The molecule has 1 saturated heterocycles. The highest BCUT2D eigenvalue weighted by atomic mass is 35.5. The Labute approximate surface area is 110 Å². The number of carbonyl (C=O) groups is 1. The zero-order valence-corrected chi connectivity index (χ0v) is 10.6. The SMILES string of the molecule is O=C(O)N1CCC[C@H]1c1cc(Cl)cc2c1COC2. The number of carboxylic acid groups (broad SMARTS) is 1. The normalized spacial score (nSPS) is 22.3. The van der Waals surface area contributed by atoms with Crippen molar-refractivity contribution in [3.8, 4) is 0 Å². The fraction of sp³-hybridized carbons (Fsp3) is 0.462. The van der Waals surface area contributed by atoms with Crippen molar-refractivity contribution in [2.75, 3.05) is 6.54 Å². The van der Waals surface area contributed by atoms with Gasteiger partial charge in [-0.05, 0) is 41.7 Å². The Balaban J connectivity index is 2.04. The summed E-state index contributed by atoms with van der Waals surface area (Å²) in [6, 6.07) is 3.73. The molecule has 2 heterocycles. The zero-order valence-electron chi connectivity index (χ0n) is 9.86. The van der Waals surface area contributed by atoms with E-state index in [9.17, 15) is 9.90 Å². The predicted octanol–water partition coefficient (Wildman–Crippen LogP) is 3.19. The van der Waals surface area contributed by atoms with Gasteiger partial charge in [0.15, 0.2) is 0 Å². The van der Waals surface area contributed by atoms with E-state index in [1.807, 2.05) is 12.1 Å². The van der Waals surface area contributed by atoms with Gasteiger partial charge in [-0.2, -0.15) is 0 Å². The molecule has 2 aliphatic heterocycles. The summed E-state index contributed by atoms with van der Waals surface area (Å²) in [6.07, 6.45) is 0.906. The lowest BCUT2D eigenvalue weighted by Crippen LogP contribution is -2.29. The van der Waals surface area contributed by atoms with Crippen molar-refractivity contribution in [3.63, 3.8) is 0 Å². The van der Waals surface area contributed by atoms with Crippen molar-refractivity contribution in [2.24, 2.45) is 0 Å². The predicted molar refractivity (Wildman–Crippen MR) is 66.7 cm³/mol. The van der Waals surface area contributed by atoms with Crippen molar-refractivity contribution in [2.45, 2.75) is 32.1 Å². The summed E-state index contributed by atoms with van der Waals surface area (Å²) >= 11 is 6.11. The van der Waals surface area contributed by atoms with Gasteiger partial charge in [-0.3, -0.25) is 0 Å². The van der Waals surface area contributed by atoms with E-state index in [-0.39, 0.29) is 6.04 Å². The van der Waals surface area contributed by atoms with Crippen LogP contribution in [0, 0.1) is 0 Å². The van der Waals surface area contributed by atoms with Crippen LogP contribution in [0.3, 0.4) is 0 Å². The topological polar surface area (TPSA) is 49.8 Å². The quantitative estimate of drug-likeness (QED) is 0.850. The van der Waals surface area contributed by atoms with Gasteiger partial charge >= 0.3 is 6.09 Å². The largest absolute Gasteiger partial charge is 0.465 e. The minimum Gasteiger partial charge on any atom is -0.465 e. The van der Waals surface area contributed by atoms with Gasteiger partial charge in [0.25, 0.3) is 0 Å². The van der Waals surface area contributed by atoms with Gasteiger partial charge in [0.1, 0.15) is 0 Å². The average Bonchev–Trinajstić information content (AvgIpc) is 2.95. The summed E-state index contributed by atoms with van der Waals surface area (Å²) in [5.41, 5.74) is 3.24. The first-order valence-electron chi connectivity index (χ1n) is 6.05. The summed E-state index contributed by atoms with van der Waals surface area (Å²) < 4.78 is 5.44. The number of hydrogen-bond donors (Lipinski definition) is 1. The van der Waals surface area contributed by atoms with E-state index < -0.39 is 6.09 Å². The molecule has 0 spiro atoms. The minimum absolute atomic E-state index is 0.0725. The first-order chi connectivity index (χ1) is 8.66. The molecule has 2 aliphatic rings. The lowest BCUT2D eigenvalue weighted by atomic mass is 9.96. The van der Waals surface area contributed by atoms with Crippen molar-refractivity contribution < 1.29 is 14.6 Å². The fourth-order valence-corrected chi connectivity index (χ4v) is 3.15. The average molecular weight is 268 g/mol. The summed E-state index contributed by atoms with van der Waals surface area (Å²) in [5.74, 6) is 0.